The molecule has 2 aliphatic heterocycles. The second-order valence-corrected chi connectivity index (χ2v) is 7.32. The molecule has 0 radical (unpaired) electrons. The molecule has 7 heteroatoms. The van der Waals surface area contributed by atoms with Crippen LogP contribution in [0.4, 0.5) is 10.5 Å². The van der Waals surface area contributed by atoms with Gasteiger partial charge in [-0.15, -0.1) is 0 Å². The standard InChI is InChI=1S/C23H25N3O4/c1-16-20(22(27)30-15-17-5-3-2-4-6-17)21(25-23(28)24-16)18-7-9-19(10-8-18)26-11-13-29-14-12-26/h2-10,21H,11-15H2,1H3,(H2,24,25,28)/t21-/m0/s1. The number of ether oxygens (including phenoxy) is 2. The molecule has 1 saturated heterocycles. The van der Waals surface area contributed by atoms with E-state index in [1.54, 1.807) is 6.92 Å². The molecule has 1 fully saturated rings. The minimum absolute atomic E-state index is 0.174. The number of allylic oxidation sites excluding steroid dienone is 1. The summed E-state index contributed by atoms with van der Waals surface area (Å²) in [4.78, 5) is 27.2. The zero-order valence-electron chi connectivity index (χ0n) is 16.9. The number of hydrogen-bond donors (Lipinski definition) is 2. The molecule has 30 heavy (non-hydrogen) atoms. The van der Waals surface area contributed by atoms with Gasteiger partial charge < -0.3 is 25.0 Å². The molecule has 0 bridgehead atoms. The van der Waals surface area contributed by atoms with Crippen molar-refractivity contribution in [2.75, 3.05) is 31.2 Å². The smallest absolute Gasteiger partial charge is 0.338 e. The van der Waals surface area contributed by atoms with Gasteiger partial charge in [-0.1, -0.05) is 42.5 Å². The second-order valence-electron chi connectivity index (χ2n) is 7.32. The van der Waals surface area contributed by atoms with Crippen molar-refractivity contribution in [1.82, 2.24) is 10.6 Å². The minimum Gasteiger partial charge on any atom is -0.457 e. The number of amides is 2. The zero-order valence-corrected chi connectivity index (χ0v) is 16.9. The van der Waals surface area contributed by atoms with Crippen LogP contribution in [0.2, 0.25) is 0 Å². The van der Waals surface area contributed by atoms with E-state index in [1.807, 2.05) is 54.6 Å². The highest BCUT2D eigenvalue weighted by molar-refractivity contribution is 5.95. The first-order valence-corrected chi connectivity index (χ1v) is 10.0. The summed E-state index contributed by atoms with van der Waals surface area (Å²) in [6.07, 6.45) is 0. The number of nitrogens with one attached hydrogen (secondary N) is 2. The first-order valence-electron chi connectivity index (χ1n) is 10.0. The van der Waals surface area contributed by atoms with E-state index < -0.39 is 12.0 Å². The van der Waals surface area contributed by atoms with E-state index in [0.717, 1.165) is 29.9 Å². The number of hydrogen-bond acceptors (Lipinski definition) is 5. The van der Waals surface area contributed by atoms with Crippen molar-refractivity contribution in [1.29, 1.82) is 0 Å². The van der Waals surface area contributed by atoms with Crippen LogP contribution in [-0.2, 0) is 20.9 Å². The maximum atomic E-state index is 12.9. The molecule has 0 aliphatic carbocycles. The average molecular weight is 407 g/mol. The predicted molar refractivity (Wildman–Crippen MR) is 113 cm³/mol. The molecule has 7 nitrogen and oxygen atoms in total. The van der Waals surface area contributed by atoms with Gasteiger partial charge in [0.1, 0.15) is 6.61 Å². The van der Waals surface area contributed by atoms with E-state index in [9.17, 15) is 9.59 Å². The van der Waals surface area contributed by atoms with Gasteiger partial charge >= 0.3 is 12.0 Å². The quantitative estimate of drug-likeness (QED) is 0.745. The molecule has 2 amide bonds. The summed E-state index contributed by atoms with van der Waals surface area (Å²) in [5.74, 6) is -0.453. The molecule has 0 spiro atoms. The van der Waals surface area contributed by atoms with Crippen molar-refractivity contribution in [3.8, 4) is 0 Å². The fourth-order valence-electron chi connectivity index (χ4n) is 3.71. The fourth-order valence-corrected chi connectivity index (χ4v) is 3.71. The summed E-state index contributed by atoms with van der Waals surface area (Å²) in [6, 6.07) is 16.5. The van der Waals surface area contributed by atoms with Crippen molar-refractivity contribution in [3.05, 3.63) is 77.0 Å². The molecule has 2 aliphatic rings. The van der Waals surface area contributed by atoms with Crippen molar-refractivity contribution < 1.29 is 19.1 Å². The normalized spacial score (nSPS) is 19.2. The molecule has 0 aromatic heterocycles. The van der Waals surface area contributed by atoms with Crippen molar-refractivity contribution in [2.24, 2.45) is 0 Å². The van der Waals surface area contributed by atoms with Gasteiger partial charge in [0.05, 0.1) is 24.8 Å². The van der Waals surface area contributed by atoms with E-state index in [0.29, 0.717) is 24.5 Å². The Kier molecular flexibility index (Phi) is 5.99. The summed E-state index contributed by atoms with van der Waals surface area (Å²) in [5.41, 5.74) is 3.73. The van der Waals surface area contributed by atoms with Crippen molar-refractivity contribution in [2.45, 2.75) is 19.6 Å². The Labute approximate surface area is 175 Å². The number of anilines is 1. The van der Waals surface area contributed by atoms with Crippen LogP contribution in [0.25, 0.3) is 0 Å². The summed E-state index contributed by atoms with van der Waals surface area (Å²) in [5, 5.41) is 5.53. The van der Waals surface area contributed by atoms with Crippen LogP contribution >= 0.6 is 0 Å². The van der Waals surface area contributed by atoms with Gasteiger partial charge in [-0.2, -0.15) is 0 Å². The van der Waals surface area contributed by atoms with Gasteiger partial charge in [0, 0.05) is 24.5 Å². The monoisotopic (exact) mass is 407 g/mol. The lowest BCUT2D eigenvalue weighted by Gasteiger charge is -2.30. The molecule has 2 aromatic carbocycles. The number of carbonyl (C=O) groups excluding carboxylic acids is 2. The average Bonchev–Trinajstić information content (AvgIpc) is 2.78. The van der Waals surface area contributed by atoms with E-state index in [1.165, 1.54) is 0 Å². The number of nitrogens with zero attached hydrogens (tertiary/aromatic N) is 1. The molecule has 2 heterocycles. The zero-order chi connectivity index (χ0) is 20.9. The maximum Gasteiger partial charge on any atom is 0.338 e. The van der Waals surface area contributed by atoms with Crippen LogP contribution in [-0.4, -0.2) is 38.3 Å². The molecule has 156 valence electrons. The third-order valence-corrected chi connectivity index (χ3v) is 5.30. The van der Waals surface area contributed by atoms with Gasteiger partial charge in [-0.25, -0.2) is 9.59 Å². The molecular weight excluding hydrogens is 382 g/mol. The summed E-state index contributed by atoms with van der Waals surface area (Å²) >= 11 is 0. The molecule has 0 saturated carbocycles. The van der Waals surface area contributed by atoms with Crippen molar-refractivity contribution >= 4 is 17.7 Å². The van der Waals surface area contributed by atoms with Crippen LogP contribution in [0.3, 0.4) is 0 Å². The van der Waals surface area contributed by atoms with E-state index in [4.69, 9.17) is 9.47 Å². The molecule has 1 atom stereocenters. The third-order valence-electron chi connectivity index (χ3n) is 5.30. The number of rotatable bonds is 5. The predicted octanol–water partition coefficient (Wildman–Crippen LogP) is 2.89. The molecule has 2 N–H and O–H groups in total. The number of benzene rings is 2. The Balaban J connectivity index is 1.53. The molecule has 4 rings (SSSR count). The van der Waals surface area contributed by atoms with Crippen molar-refractivity contribution in [3.63, 3.8) is 0 Å². The lowest BCUT2D eigenvalue weighted by molar-refractivity contribution is -0.140. The summed E-state index contributed by atoms with van der Waals surface area (Å²) < 4.78 is 10.9. The lowest BCUT2D eigenvalue weighted by atomic mass is 9.95. The van der Waals surface area contributed by atoms with Gasteiger partial charge in [0.15, 0.2) is 0 Å². The molecule has 2 aromatic rings. The van der Waals surface area contributed by atoms with Gasteiger partial charge in [-0.3, -0.25) is 0 Å². The van der Waals surface area contributed by atoms with Gasteiger partial charge in [0.25, 0.3) is 0 Å². The van der Waals surface area contributed by atoms with Crippen LogP contribution in [0, 0.1) is 0 Å². The highest BCUT2D eigenvalue weighted by Gasteiger charge is 2.32. The minimum atomic E-state index is -0.569. The van der Waals surface area contributed by atoms with E-state index in [-0.39, 0.29) is 12.6 Å². The summed E-state index contributed by atoms with van der Waals surface area (Å²) in [6.45, 7) is 5.01. The fraction of sp³-hybridized carbons (Fsp3) is 0.304. The maximum absolute atomic E-state index is 12.9. The van der Waals surface area contributed by atoms with Crippen LogP contribution in [0.15, 0.2) is 65.9 Å². The number of carbonyl (C=O) groups is 2. The third kappa shape index (κ3) is 4.46. The second kappa shape index (κ2) is 9.00. The number of urea groups is 1. The molecular formula is C23H25N3O4. The van der Waals surface area contributed by atoms with E-state index >= 15 is 0 Å². The summed E-state index contributed by atoms with van der Waals surface area (Å²) in [7, 11) is 0. The van der Waals surface area contributed by atoms with Gasteiger partial charge in [0.2, 0.25) is 0 Å². The van der Waals surface area contributed by atoms with E-state index in [2.05, 4.69) is 15.5 Å². The van der Waals surface area contributed by atoms with Gasteiger partial charge in [-0.05, 0) is 30.2 Å². The highest BCUT2D eigenvalue weighted by Crippen LogP contribution is 2.29. The topological polar surface area (TPSA) is 79.9 Å². The Morgan fingerprint density at radius 1 is 1.10 bits per heavy atom. The van der Waals surface area contributed by atoms with Crippen LogP contribution in [0.1, 0.15) is 24.1 Å². The first kappa shape index (κ1) is 20.0. The number of morpholine rings is 1. The number of esters is 1. The SMILES string of the molecule is CC1=C(C(=O)OCc2ccccc2)[C@H](c2ccc(N3CCOCC3)cc2)NC(=O)N1. The Morgan fingerprint density at radius 2 is 1.80 bits per heavy atom. The molecule has 0 unspecified atom stereocenters. The Hall–Kier alpha value is -3.32. The van der Waals surface area contributed by atoms with Crippen LogP contribution in [0.5, 0.6) is 0 Å². The first-order chi connectivity index (χ1) is 14.6. The van der Waals surface area contributed by atoms with Crippen LogP contribution < -0.4 is 15.5 Å². The largest absolute Gasteiger partial charge is 0.457 e. The Bertz CT molecular complexity index is 935. The Morgan fingerprint density at radius 3 is 2.50 bits per heavy atom. The lowest BCUT2D eigenvalue weighted by Crippen LogP contribution is -2.45. The highest BCUT2D eigenvalue weighted by atomic mass is 16.5.